The van der Waals surface area contributed by atoms with Crippen LogP contribution in [0.3, 0.4) is 0 Å². The van der Waals surface area contributed by atoms with Crippen LogP contribution in [0.4, 0.5) is 0 Å². The highest BCUT2D eigenvalue weighted by molar-refractivity contribution is 5.85. The van der Waals surface area contributed by atoms with Crippen LogP contribution in [0.5, 0.6) is 0 Å². The zero-order chi connectivity index (χ0) is 13.0. The summed E-state index contributed by atoms with van der Waals surface area (Å²) in [4.78, 5) is 24.9. The summed E-state index contributed by atoms with van der Waals surface area (Å²) in [5.41, 5.74) is 0. The number of nitrogens with zero attached hydrogens (tertiary/aromatic N) is 1. The van der Waals surface area contributed by atoms with Crippen LogP contribution >= 0.6 is 0 Å². The molecule has 4 nitrogen and oxygen atoms in total. The first kappa shape index (κ1) is 13.7. The molecule has 17 heavy (non-hydrogen) atoms. The van der Waals surface area contributed by atoms with Crippen LogP contribution in [-0.4, -0.2) is 35.5 Å². The number of carbonyl (C=O) groups excluding carboxylic acids is 1. The smallest absolute Gasteiger partial charge is 0.307 e. The molecule has 1 aliphatic rings. The van der Waals surface area contributed by atoms with Crippen LogP contribution in [-0.2, 0) is 9.59 Å². The SMILES string of the molecule is C=CCN(C)C(=O)C1CC(CC)CC1C(=O)O. The van der Waals surface area contributed by atoms with E-state index in [-0.39, 0.29) is 11.8 Å². The van der Waals surface area contributed by atoms with Gasteiger partial charge in [0, 0.05) is 13.6 Å². The summed E-state index contributed by atoms with van der Waals surface area (Å²) in [6, 6.07) is 0. The summed E-state index contributed by atoms with van der Waals surface area (Å²) in [5.74, 6) is -1.41. The van der Waals surface area contributed by atoms with Crippen molar-refractivity contribution in [2.75, 3.05) is 13.6 Å². The average Bonchev–Trinajstić information content (AvgIpc) is 2.72. The number of likely N-dealkylation sites (N-methyl/N-ethyl adjacent to an activating group) is 1. The second-order valence-electron chi connectivity index (χ2n) is 4.80. The molecule has 4 heteroatoms. The third-order valence-corrected chi connectivity index (χ3v) is 3.65. The summed E-state index contributed by atoms with van der Waals surface area (Å²) in [7, 11) is 1.70. The number of amides is 1. The van der Waals surface area contributed by atoms with Gasteiger partial charge in [0.05, 0.1) is 11.8 Å². The monoisotopic (exact) mass is 239 g/mol. The Hall–Kier alpha value is -1.32. The van der Waals surface area contributed by atoms with E-state index in [1.807, 2.05) is 6.92 Å². The molecule has 0 aromatic carbocycles. The van der Waals surface area contributed by atoms with E-state index < -0.39 is 11.9 Å². The summed E-state index contributed by atoms with van der Waals surface area (Å²) >= 11 is 0. The van der Waals surface area contributed by atoms with Gasteiger partial charge in [0.1, 0.15) is 0 Å². The highest BCUT2D eigenvalue weighted by Crippen LogP contribution is 2.39. The van der Waals surface area contributed by atoms with Crippen molar-refractivity contribution >= 4 is 11.9 Å². The Balaban J connectivity index is 2.76. The maximum absolute atomic E-state index is 12.1. The predicted octanol–water partition coefficient (Wildman–Crippen LogP) is 1.77. The standard InChI is InChI=1S/C13H21NO3/c1-4-6-14(3)12(15)10-7-9(5-2)8-11(10)13(16)17/h4,9-11H,1,5-8H2,2-3H3,(H,16,17). The van der Waals surface area contributed by atoms with Crippen molar-refractivity contribution in [1.29, 1.82) is 0 Å². The lowest BCUT2D eigenvalue weighted by atomic mass is 9.95. The molecule has 0 spiro atoms. The molecule has 0 aromatic rings. The molecule has 1 fully saturated rings. The molecule has 96 valence electrons. The van der Waals surface area contributed by atoms with Gasteiger partial charge in [0.15, 0.2) is 0 Å². The van der Waals surface area contributed by atoms with Gasteiger partial charge in [-0.25, -0.2) is 0 Å². The van der Waals surface area contributed by atoms with Crippen LogP contribution in [0.1, 0.15) is 26.2 Å². The maximum Gasteiger partial charge on any atom is 0.307 e. The molecule has 0 heterocycles. The van der Waals surface area contributed by atoms with Crippen molar-refractivity contribution in [2.45, 2.75) is 26.2 Å². The van der Waals surface area contributed by atoms with E-state index in [2.05, 4.69) is 6.58 Å². The minimum atomic E-state index is -0.841. The van der Waals surface area contributed by atoms with Crippen LogP contribution in [0.2, 0.25) is 0 Å². The number of carboxylic acids is 1. The van der Waals surface area contributed by atoms with Crippen LogP contribution in [0, 0.1) is 17.8 Å². The Bertz CT molecular complexity index is 314. The number of hydrogen-bond acceptors (Lipinski definition) is 2. The second kappa shape index (κ2) is 5.84. The molecule has 3 unspecified atom stereocenters. The molecule has 0 bridgehead atoms. The van der Waals surface area contributed by atoms with Crippen molar-refractivity contribution in [3.05, 3.63) is 12.7 Å². The van der Waals surface area contributed by atoms with Gasteiger partial charge in [0.25, 0.3) is 0 Å². The van der Waals surface area contributed by atoms with Crippen molar-refractivity contribution in [3.8, 4) is 0 Å². The van der Waals surface area contributed by atoms with Gasteiger partial charge in [-0.1, -0.05) is 19.4 Å². The summed E-state index contributed by atoms with van der Waals surface area (Å²) in [6.45, 7) is 6.10. The molecule has 1 rings (SSSR count). The maximum atomic E-state index is 12.1. The van der Waals surface area contributed by atoms with Crippen molar-refractivity contribution in [2.24, 2.45) is 17.8 Å². The van der Waals surface area contributed by atoms with Crippen LogP contribution < -0.4 is 0 Å². The lowest BCUT2D eigenvalue weighted by Crippen LogP contribution is -2.36. The van der Waals surface area contributed by atoms with Gasteiger partial charge in [-0.2, -0.15) is 0 Å². The minimum Gasteiger partial charge on any atom is -0.481 e. The average molecular weight is 239 g/mol. The van der Waals surface area contributed by atoms with Gasteiger partial charge < -0.3 is 10.0 Å². The zero-order valence-electron chi connectivity index (χ0n) is 10.6. The molecule has 0 saturated heterocycles. The normalized spacial score (nSPS) is 27.8. The van der Waals surface area contributed by atoms with Crippen molar-refractivity contribution in [3.63, 3.8) is 0 Å². The fraction of sp³-hybridized carbons (Fsp3) is 0.692. The Morgan fingerprint density at radius 2 is 2.00 bits per heavy atom. The van der Waals surface area contributed by atoms with E-state index in [0.717, 1.165) is 6.42 Å². The number of hydrogen-bond donors (Lipinski definition) is 1. The minimum absolute atomic E-state index is 0.0618. The fourth-order valence-electron chi connectivity index (χ4n) is 2.59. The molecular formula is C13H21NO3. The first-order valence-electron chi connectivity index (χ1n) is 6.09. The van der Waals surface area contributed by atoms with Gasteiger partial charge in [0.2, 0.25) is 5.91 Å². The predicted molar refractivity (Wildman–Crippen MR) is 65.5 cm³/mol. The van der Waals surface area contributed by atoms with E-state index >= 15 is 0 Å². The summed E-state index contributed by atoms with van der Waals surface area (Å²) < 4.78 is 0. The quantitative estimate of drug-likeness (QED) is 0.744. The third-order valence-electron chi connectivity index (χ3n) is 3.65. The number of aliphatic carboxylic acids is 1. The van der Waals surface area contributed by atoms with E-state index in [0.29, 0.717) is 25.3 Å². The fourth-order valence-corrected chi connectivity index (χ4v) is 2.59. The Morgan fingerprint density at radius 3 is 2.47 bits per heavy atom. The Morgan fingerprint density at radius 1 is 1.41 bits per heavy atom. The summed E-state index contributed by atoms with van der Waals surface area (Å²) in [5, 5.41) is 9.17. The number of carboxylic acid groups (broad SMARTS) is 1. The van der Waals surface area contributed by atoms with Gasteiger partial charge in [-0.15, -0.1) is 6.58 Å². The molecule has 3 atom stereocenters. The molecule has 1 aliphatic carbocycles. The zero-order valence-corrected chi connectivity index (χ0v) is 10.6. The second-order valence-corrected chi connectivity index (χ2v) is 4.80. The molecule has 1 N–H and O–H groups in total. The number of rotatable bonds is 5. The largest absolute Gasteiger partial charge is 0.481 e. The Kier molecular flexibility index (Phi) is 4.73. The summed E-state index contributed by atoms with van der Waals surface area (Å²) in [6.07, 6.45) is 3.93. The van der Waals surface area contributed by atoms with Gasteiger partial charge >= 0.3 is 5.97 Å². The lowest BCUT2D eigenvalue weighted by Gasteiger charge is -2.22. The molecule has 0 radical (unpaired) electrons. The molecule has 0 aliphatic heterocycles. The highest BCUT2D eigenvalue weighted by Gasteiger charge is 2.42. The van der Waals surface area contributed by atoms with E-state index in [1.165, 1.54) is 0 Å². The van der Waals surface area contributed by atoms with Crippen LogP contribution in [0.15, 0.2) is 12.7 Å². The lowest BCUT2D eigenvalue weighted by molar-refractivity contribution is -0.148. The van der Waals surface area contributed by atoms with Crippen molar-refractivity contribution < 1.29 is 14.7 Å². The molecule has 0 aromatic heterocycles. The van der Waals surface area contributed by atoms with Gasteiger partial charge in [-0.05, 0) is 18.8 Å². The highest BCUT2D eigenvalue weighted by atomic mass is 16.4. The topological polar surface area (TPSA) is 57.6 Å². The first-order valence-corrected chi connectivity index (χ1v) is 6.09. The van der Waals surface area contributed by atoms with E-state index in [9.17, 15) is 9.59 Å². The van der Waals surface area contributed by atoms with E-state index in [4.69, 9.17) is 5.11 Å². The van der Waals surface area contributed by atoms with E-state index in [1.54, 1.807) is 18.0 Å². The number of carbonyl (C=O) groups is 2. The Labute approximate surface area is 102 Å². The first-order chi connectivity index (χ1) is 8.01. The molecule has 1 amide bonds. The van der Waals surface area contributed by atoms with Gasteiger partial charge in [-0.3, -0.25) is 9.59 Å². The molecule has 1 saturated carbocycles. The molecular weight excluding hydrogens is 218 g/mol. The van der Waals surface area contributed by atoms with Crippen LogP contribution in [0.25, 0.3) is 0 Å². The van der Waals surface area contributed by atoms with Crippen molar-refractivity contribution in [1.82, 2.24) is 4.90 Å². The third kappa shape index (κ3) is 3.08.